The van der Waals surface area contributed by atoms with Crippen LogP contribution in [-0.2, 0) is 28.6 Å². The van der Waals surface area contributed by atoms with Gasteiger partial charge in [-0.25, -0.2) is 18.4 Å². The Morgan fingerprint density at radius 3 is 2.55 bits per heavy atom. The van der Waals surface area contributed by atoms with E-state index in [0.717, 1.165) is 30.5 Å². The van der Waals surface area contributed by atoms with Crippen LogP contribution in [0, 0.1) is 0 Å². The van der Waals surface area contributed by atoms with Gasteiger partial charge in [0.25, 0.3) is 0 Å². The first-order valence-electron chi connectivity index (χ1n) is 10.0. The van der Waals surface area contributed by atoms with Crippen LogP contribution in [0.5, 0.6) is 0 Å². The third-order valence-electron chi connectivity index (χ3n) is 4.85. The maximum Gasteiger partial charge on any atom is 0.218 e. The fourth-order valence-electron chi connectivity index (χ4n) is 3.22. The number of hydrogen-bond acceptors (Lipinski definition) is 5. The molecule has 6 nitrogen and oxygen atoms in total. The summed E-state index contributed by atoms with van der Waals surface area (Å²) in [5.74, 6) is 0.178. The van der Waals surface area contributed by atoms with Gasteiger partial charge in [0.05, 0.1) is 16.9 Å². The number of nitrogens with zero attached hydrogens (tertiary/aromatic N) is 3. The standard InChI is InChI=1S/C24H23N3O3S/c28-31(29,18-22-17-30-24(26-22)13-10-20-5-2-1-3-6-20)23-11-8-21(9-12-23)7-4-15-27-16-14-25-19-27/h1-3,5-6,8-14,16-17,19H,4,7,15,18H2/b13-10+. The first kappa shape index (κ1) is 20.8. The van der Waals surface area contributed by atoms with E-state index in [1.54, 1.807) is 30.7 Å². The number of aryl methyl sites for hydroxylation is 2. The van der Waals surface area contributed by atoms with Crippen molar-refractivity contribution >= 4 is 22.0 Å². The van der Waals surface area contributed by atoms with Crippen LogP contribution in [0.1, 0.15) is 29.1 Å². The van der Waals surface area contributed by atoms with E-state index >= 15 is 0 Å². The molecule has 0 unspecified atom stereocenters. The molecule has 0 spiro atoms. The van der Waals surface area contributed by atoms with Crippen molar-refractivity contribution in [1.82, 2.24) is 14.5 Å². The Labute approximate surface area is 181 Å². The smallest absolute Gasteiger partial charge is 0.218 e. The van der Waals surface area contributed by atoms with Crippen LogP contribution in [0.15, 0.2) is 88.9 Å². The highest BCUT2D eigenvalue weighted by Gasteiger charge is 2.17. The molecule has 0 aliphatic rings. The molecular formula is C24H23N3O3S. The SMILES string of the molecule is O=S(=O)(Cc1coc(/C=C/c2ccccc2)n1)c1ccc(CCCn2ccnc2)cc1. The summed E-state index contributed by atoms with van der Waals surface area (Å²) in [6.45, 7) is 0.882. The van der Waals surface area contributed by atoms with Gasteiger partial charge in [0.15, 0.2) is 9.84 Å². The van der Waals surface area contributed by atoms with Gasteiger partial charge in [0.1, 0.15) is 12.0 Å². The molecule has 0 radical (unpaired) electrons. The van der Waals surface area contributed by atoms with Gasteiger partial charge >= 0.3 is 0 Å². The fraction of sp³-hybridized carbons (Fsp3) is 0.167. The topological polar surface area (TPSA) is 78.0 Å². The fourth-order valence-corrected chi connectivity index (χ4v) is 4.46. The lowest BCUT2D eigenvalue weighted by atomic mass is 10.1. The van der Waals surface area contributed by atoms with Crippen LogP contribution >= 0.6 is 0 Å². The van der Waals surface area contributed by atoms with Crippen molar-refractivity contribution in [2.75, 3.05) is 0 Å². The minimum absolute atomic E-state index is 0.199. The van der Waals surface area contributed by atoms with E-state index in [2.05, 4.69) is 9.97 Å². The lowest BCUT2D eigenvalue weighted by molar-refractivity contribution is 0.545. The molecule has 2 aromatic carbocycles. The van der Waals surface area contributed by atoms with Gasteiger partial charge < -0.3 is 8.98 Å². The van der Waals surface area contributed by atoms with Crippen LogP contribution in [0.25, 0.3) is 12.2 Å². The van der Waals surface area contributed by atoms with E-state index in [0.29, 0.717) is 11.6 Å². The molecule has 7 heteroatoms. The number of hydrogen-bond donors (Lipinski definition) is 0. The van der Waals surface area contributed by atoms with Gasteiger partial charge in [0, 0.05) is 25.0 Å². The largest absolute Gasteiger partial charge is 0.445 e. The Kier molecular flexibility index (Phi) is 6.43. The number of aromatic nitrogens is 3. The van der Waals surface area contributed by atoms with Gasteiger partial charge in [-0.3, -0.25) is 0 Å². The number of rotatable bonds is 9. The predicted octanol–water partition coefficient (Wildman–Crippen LogP) is 4.65. The van der Waals surface area contributed by atoms with Gasteiger partial charge in [0.2, 0.25) is 5.89 Å². The Morgan fingerprint density at radius 1 is 1.00 bits per heavy atom. The monoisotopic (exact) mass is 433 g/mol. The molecule has 4 aromatic rings. The van der Waals surface area contributed by atoms with Crippen LogP contribution in [-0.4, -0.2) is 23.0 Å². The van der Waals surface area contributed by atoms with Crippen LogP contribution in [0.2, 0.25) is 0 Å². The summed E-state index contributed by atoms with van der Waals surface area (Å²) in [4.78, 5) is 8.59. The number of oxazole rings is 1. The second-order valence-electron chi connectivity index (χ2n) is 7.23. The Balaban J connectivity index is 1.35. The van der Waals surface area contributed by atoms with Crippen molar-refractivity contribution < 1.29 is 12.8 Å². The van der Waals surface area contributed by atoms with E-state index in [9.17, 15) is 8.42 Å². The third-order valence-corrected chi connectivity index (χ3v) is 6.51. The maximum atomic E-state index is 12.8. The molecule has 0 fully saturated rings. The summed E-state index contributed by atoms with van der Waals surface area (Å²) in [5, 5.41) is 0. The van der Waals surface area contributed by atoms with Crippen LogP contribution in [0.3, 0.4) is 0 Å². The molecule has 4 rings (SSSR count). The molecule has 31 heavy (non-hydrogen) atoms. The van der Waals surface area contributed by atoms with Crippen LogP contribution < -0.4 is 0 Å². The molecule has 0 aliphatic carbocycles. The maximum absolute atomic E-state index is 12.8. The van der Waals surface area contributed by atoms with Crippen molar-refractivity contribution in [2.45, 2.75) is 30.0 Å². The quantitative estimate of drug-likeness (QED) is 0.384. The van der Waals surface area contributed by atoms with E-state index in [-0.39, 0.29) is 10.6 Å². The Hall–Kier alpha value is -3.45. The summed E-state index contributed by atoms with van der Waals surface area (Å²) in [5.41, 5.74) is 2.51. The number of sulfone groups is 1. The molecule has 0 saturated carbocycles. The molecule has 2 heterocycles. The molecule has 0 amide bonds. The van der Waals surface area contributed by atoms with E-state index in [1.807, 2.05) is 59.3 Å². The number of benzene rings is 2. The minimum Gasteiger partial charge on any atom is -0.445 e. The van der Waals surface area contributed by atoms with Gasteiger partial charge in [-0.2, -0.15) is 0 Å². The first-order valence-corrected chi connectivity index (χ1v) is 11.7. The summed E-state index contributed by atoms with van der Waals surface area (Å²) in [6, 6.07) is 16.8. The molecule has 0 saturated heterocycles. The summed E-state index contributed by atoms with van der Waals surface area (Å²) < 4.78 is 32.9. The summed E-state index contributed by atoms with van der Waals surface area (Å²) in [7, 11) is -3.50. The molecule has 0 N–H and O–H groups in total. The van der Waals surface area contributed by atoms with Crippen molar-refractivity contribution in [3.05, 3.63) is 102 Å². The zero-order valence-electron chi connectivity index (χ0n) is 17.0. The first-order chi connectivity index (χ1) is 15.1. The average Bonchev–Trinajstić information content (AvgIpc) is 3.45. The number of imidazole rings is 1. The van der Waals surface area contributed by atoms with Gasteiger partial charge in [-0.05, 0) is 42.2 Å². The van der Waals surface area contributed by atoms with E-state index in [4.69, 9.17) is 4.42 Å². The van der Waals surface area contributed by atoms with E-state index in [1.165, 1.54) is 6.26 Å². The van der Waals surface area contributed by atoms with Crippen LogP contribution in [0.4, 0.5) is 0 Å². The molecule has 158 valence electrons. The average molecular weight is 434 g/mol. The third kappa shape index (κ3) is 5.79. The van der Waals surface area contributed by atoms with Gasteiger partial charge in [-0.15, -0.1) is 0 Å². The lowest BCUT2D eigenvalue weighted by Gasteiger charge is -2.06. The molecular weight excluding hydrogens is 410 g/mol. The highest BCUT2D eigenvalue weighted by atomic mass is 32.2. The highest BCUT2D eigenvalue weighted by Crippen LogP contribution is 2.18. The minimum atomic E-state index is -3.50. The molecule has 2 aromatic heterocycles. The lowest BCUT2D eigenvalue weighted by Crippen LogP contribution is -2.05. The van der Waals surface area contributed by atoms with Crippen molar-refractivity contribution in [1.29, 1.82) is 0 Å². The second kappa shape index (κ2) is 9.57. The van der Waals surface area contributed by atoms with Crippen molar-refractivity contribution in [3.63, 3.8) is 0 Å². The molecule has 0 bridgehead atoms. The molecule has 0 atom stereocenters. The van der Waals surface area contributed by atoms with Gasteiger partial charge in [-0.1, -0.05) is 42.5 Å². The predicted molar refractivity (Wildman–Crippen MR) is 120 cm³/mol. The Morgan fingerprint density at radius 2 is 1.81 bits per heavy atom. The highest BCUT2D eigenvalue weighted by molar-refractivity contribution is 7.90. The zero-order valence-corrected chi connectivity index (χ0v) is 17.8. The summed E-state index contributed by atoms with van der Waals surface area (Å²) >= 11 is 0. The second-order valence-corrected chi connectivity index (χ2v) is 9.22. The summed E-state index contributed by atoms with van der Waals surface area (Å²) in [6.07, 6.45) is 12.3. The van der Waals surface area contributed by atoms with Crippen molar-refractivity contribution in [3.8, 4) is 0 Å². The van der Waals surface area contributed by atoms with E-state index < -0.39 is 9.84 Å². The normalized spacial score (nSPS) is 11.9. The Bertz CT molecular complexity index is 1230. The van der Waals surface area contributed by atoms with Crippen molar-refractivity contribution in [2.24, 2.45) is 0 Å². The zero-order chi connectivity index (χ0) is 21.5. The molecule has 0 aliphatic heterocycles.